The molecular weight excluding hydrogens is 266 g/mol. The fourth-order valence-corrected chi connectivity index (χ4v) is 2.48. The molecule has 0 spiro atoms. The number of aryl methyl sites for hydroxylation is 1. The van der Waals surface area contributed by atoms with Gasteiger partial charge in [0.25, 0.3) is 0 Å². The average Bonchev–Trinajstić information content (AvgIpc) is 2.37. The fourth-order valence-electron chi connectivity index (χ4n) is 2.48. The summed E-state index contributed by atoms with van der Waals surface area (Å²) in [6, 6.07) is 4.33. The first kappa shape index (κ1) is 15.6. The number of anilines is 1. The normalized spacial score (nSPS) is 16.7. The highest BCUT2D eigenvalue weighted by molar-refractivity contribution is 5.68. The van der Waals surface area contributed by atoms with Crippen LogP contribution in [0.2, 0.25) is 0 Å². The number of ether oxygens (including phenoxy) is 1. The number of piperidine rings is 1. The first-order valence-corrected chi connectivity index (χ1v) is 7.50. The quantitative estimate of drug-likeness (QED) is 0.910. The lowest BCUT2D eigenvalue weighted by Crippen LogP contribution is -2.46. The molecule has 0 saturated carbocycles. The highest BCUT2D eigenvalue weighted by Crippen LogP contribution is 2.20. The number of aromatic nitrogens is 1. The fraction of sp³-hybridized carbons (Fsp3) is 0.625. The van der Waals surface area contributed by atoms with Crippen LogP contribution in [0.3, 0.4) is 0 Å². The Morgan fingerprint density at radius 2 is 2.05 bits per heavy atom. The largest absolute Gasteiger partial charge is 0.444 e. The molecule has 21 heavy (non-hydrogen) atoms. The van der Waals surface area contributed by atoms with Crippen LogP contribution in [-0.4, -0.2) is 35.8 Å². The van der Waals surface area contributed by atoms with Crippen molar-refractivity contribution in [3.8, 4) is 0 Å². The Labute approximate surface area is 126 Å². The lowest BCUT2D eigenvalue weighted by atomic mass is 10.0. The van der Waals surface area contributed by atoms with Gasteiger partial charge in [-0.25, -0.2) is 4.79 Å². The van der Waals surface area contributed by atoms with Crippen LogP contribution in [0.25, 0.3) is 0 Å². The number of amides is 1. The zero-order valence-corrected chi connectivity index (χ0v) is 13.3. The molecule has 5 heteroatoms. The SMILES string of the molecule is Cc1cc(N2CCC(NC(=O)OC(C)(C)C)CC2)ccn1. The van der Waals surface area contributed by atoms with Crippen LogP contribution >= 0.6 is 0 Å². The summed E-state index contributed by atoms with van der Waals surface area (Å²) in [5, 5.41) is 2.96. The summed E-state index contributed by atoms with van der Waals surface area (Å²) in [4.78, 5) is 18.3. The van der Waals surface area contributed by atoms with E-state index in [2.05, 4.69) is 21.3 Å². The van der Waals surface area contributed by atoms with Crippen molar-refractivity contribution in [2.24, 2.45) is 0 Å². The van der Waals surface area contributed by atoms with Crippen LogP contribution in [0, 0.1) is 6.92 Å². The van der Waals surface area contributed by atoms with Gasteiger partial charge in [0.15, 0.2) is 0 Å². The van der Waals surface area contributed by atoms with Gasteiger partial charge < -0.3 is 15.0 Å². The topological polar surface area (TPSA) is 54.5 Å². The Balaban J connectivity index is 1.82. The van der Waals surface area contributed by atoms with E-state index in [1.165, 1.54) is 5.69 Å². The standard InChI is InChI=1S/C16H25N3O2/c1-12-11-14(5-8-17-12)19-9-6-13(7-10-19)18-15(20)21-16(2,3)4/h5,8,11,13H,6-7,9-10H2,1-4H3,(H,18,20). The molecule has 0 unspecified atom stereocenters. The van der Waals surface area contributed by atoms with Gasteiger partial charge in [0.2, 0.25) is 0 Å². The van der Waals surface area contributed by atoms with Gasteiger partial charge in [-0.15, -0.1) is 0 Å². The average molecular weight is 291 g/mol. The highest BCUT2D eigenvalue weighted by atomic mass is 16.6. The second-order valence-electron chi connectivity index (χ2n) is 6.56. The summed E-state index contributed by atoms with van der Waals surface area (Å²) in [6.07, 6.45) is 3.39. The minimum Gasteiger partial charge on any atom is -0.444 e. The molecule has 1 amide bonds. The summed E-state index contributed by atoms with van der Waals surface area (Å²) in [6.45, 7) is 9.50. The van der Waals surface area contributed by atoms with E-state index in [-0.39, 0.29) is 12.1 Å². The van der Waals surface area contributed by atoms with Gasteiger partial charge >= 0.3 is 6.09 Å². The van der Waals surface area contributed by atoms with Crippen LogP contribution in [0.5, 0.6) is 0 Å². The number of hydrogen-bond acceptors (Lipinski definition) is 4. The maximum absolute atomic E-state index is 11.8. The van der Waals surface area contributed by atoms with Crippen LogP contribution in [0.15, 0.2) is 18.3 Å². The van der Waals surface area contributed by atoms with Crippen molar-refractivity contribution >= 4 is 11.8 Å². The molecule has 2 rings (SSSR count). The Morgan fingerprint density at radius 1 is 1.38 bits per heavy atom. The van der Waals surface area contributed by atoms with Crippen molar-refractivity contribution in [2.45, 2.75) is 52.2 Å². The second-order valence-corrected chi connectivity index (χ2v) is 6.56. The third-order valence-corrected chi connectivity index (χ3v) is 3.46. The molecule has 1 N–H and O–H groups in total. The van der Waals surface area contributed by atoms with E-state index in [0.29, 0.717) is 0 Å². The number of rotatable bonds is 2. The zero-order valence-electron chi connectivity index (χ0n) is 13.3. The van der Waals surface area contributed by atoms with Crippen molar-refractivity contribution in [1.82, 2.24) is 10.3 Å². The van der Waals surface area contributed by atoms with Gasteiger partial charge in [0.1, 0.15) is 5.60 Å². The van der Waals surface area contributed by atoms with E-state index >= 15 is 0 Å². The van der Waals surface area contributed by atoms with Crippen molar-refractivity contribution < 1.29 is 9.53 Å². The van der Waals surface area contributed by atoms with Crippen molar-refractivity contribution in [3.05, 3.63) is 24.0 Å². The van der Waals surface area contributed by atoms with Gasteiger partial charge in [0, 0.05) is 36.7 Å². The van der Waals surface area contributed by atoms with Gasteiger partial charge in [-0.2, -0.15) is 0 Å². The van der Waals surface area contributed by atoms with Crippen LogP contribution in [0.4, 0.5) is 10.5 Å². The number of nitrogens with zero attached hydrogens (tertiary/aromatic N) is 2. The molecule has 1 aromatic rings. The Hall–Kier alpha value is -1.78. The summed E-state index contributed by atoms with van der Waals surface area (Å²) in [5.41, 5.74) is 1.79. The molecule has 2 heterocycles. The Morgan fingerprint density at radius 3 is 2.62 bits per heavy atom. The summed E-state index contributed by atoms with van der Waals surface area (Å²) in [5.74, 6) is 0. The molecule has 0 aromatic carbocycles. The Bertz CT molecular complexity index is 489. The lowest BCUT2D eigenvalue weighted by Gasteiger charge is -2.34. The maximum Gasteiger partial charge on any atom is 0.407 e. The number of carbonyl (C=O) groups excluding carboxylic acids is 1. The number of nitrogens with one attached hydrogen (secondary N) is 1. The second kappa shape index (κ2) is 6.33. The molecule has 0 atom stereocenters. The first-order valence-electron chi connectivity index (χ1n) is 7.50. The van der Waals surface area contributed by atoms with Crippen LogP contribution in [-0.2, 0) is 4.74 Å². The first-order chi connectivity index (χ1) is 9.83. The molecule has 5 nitrogen and oxygen atoms in total. The number of carbonyl (C=O) groups is 1. The third-order valence-electron chi connectivity index (χ3n) is 3.46. The van der Waals surface area contributed by atoms with Crippen LogP contribution < -0.4 is 10.2 Å². The monoisotopic (exact) mass is 291 g/mol. The minimum atomic E-state index is -0.445. The van der Waals surface area contributed by atoms with Crippen LogP contribution in [0.1, 0.15) is 39.3 Å². The van der Waals surface area contributed by atoms with E-state index in [4.69, 9.17) is 4.74 Å². The smallest absolute Gasteiger partial charge is 0.407 e. The van der Waals surface area contributed by atoms with Crippen molar-refractivity contribution in [2.75, 3.05) is 18.0 Å². The number of hydrogen-bond donors (Lipinski definition) is 1. The molecule has 1 aliphatic rings. The van der Waals surface area contributed by atoms with E-state index < -0.39 is 5.60 Å². The molecule has 0 aliphatic carbocycles. The molecule has 1 saturated heterocycles. The van der Waals surface area contributed by atoms with Gasteiger partial charge in [-0.3, -0.25) is 4.98 Å². The third kappa shape index (κ3) is 4.92. The summed E-state index contributed by atoms with van der Waals surface area (Å²) < 4.78 is 5.30. The van der Waals surface area contributed by atoms with E-state index in [1.54, 1.807) is 0 Å². The van der Waals surface area contributed by atoms with Gasteiger partial charge in [-0.05, 0) is 52.7 Å². The number of pyridine rings is 1. The van der Waals surface area contributed by atoms with E-state index in [0.717, 1.165) is 31.6 Å². The predicted molar refractivity (Wildman–Crippen MR) is 83.6 cm³/mol. The molecule has 1 aliphatic heterocycles. The molecular formula is C16H25N3O2. The molecule has 0 bridgehead atoms. The molecule has 116 valence electrons. The summed E-state index contributed by atoms with van der Waals surface area (Å²) >= 11 is 0. The van der Waals surface area contributed by atoms with Crippen molar-refractivity contribution in [1.29, 1.82) is 0 Å². The molecule has 0 radical (unpaired) electrons. The molecule has 1 aromatic heterocycles. The maximum atomic E-state index is 11.8. The zero-order chi connectivity index (χ0) is 15.5. The van der Waals surface area contributed by atoms with Gasteiger partial charge in [0.05, 0.1) is 0 Å². The van der Waals surface area contributed by atoms with E-state index in [9.17, 15) is 4.79 Å². The number of alkyl carbamates (subject to hydrolysis) is 1. The van der Waals surface area contributed by atoms with E-state index in [1.807, 2.05) is 40.0 Å². The summed E-state index contributed by atoms with van der Waals surface area (Å²) in [7, 11) is 0. The predicted octanol–water partition coefficient (Wildman–Crippen LogP) is 2.88. The molecule has 1 fully saturated rings. The Kier molecular flexibility index (Phi) is 4.70. The minimum absolute atomic E-state index is 0.194. The van der Waals surface area contributed by atoms with Gasteiger partial charge in [-0.1, -0.05) is 0 Å². The van der Waals surface area contributed by atoms with Crippen molar-refractivity contribution in [3.63, 3.8) is 0 Å². The lowest BCUT2D eigenvalue weighted by molar-refractivity contribution is 0.0497. The highest BCUT2D eigenvalue weighted by Gasteiger charge is 2.23.